The number of fused-ring (bicyclic) bond motifs is 1. The molecule has 20 heavy (non-hydrogen) atoms. The lowest BCUT2D eigenvalue weighted by molar-refractivity contribution is -0.125. The normalized spacial score (nSPS) is 19.5. The van der Waals surface area contributed by atoms with Crippen LogP contribution >= 0.6 is 15.9 Å². The quantitative estimate of drug-likeness (QED) is 0.815. The fourth-order valence-electron chi connectivity index (χ4n) is 2.87. The lowest BCUT2D eigenvalue weighted by Gasteiger charge is -2.24. The Labute approximate surface area is 130 Å². The summed E-state index contributed by atoms with van der Waals surface area (Å²) < 4.78 is 0. The average Bonchev–Trinajstić information content (AvgIpc) is 2.43. The summed E-state index contributed by atoms with van der Waals surface area (Å²) in [5.74, 6) is 1.01. The van der Waals surface area contributed by atoms with Crippen LogP contribution in [-0.2, 0) is 17.6 Å². The monoisotopic (exact) mass is 337 g/mol. The van der Waals surface area contributed by atoms with E-state index < -0.39 is 0 Å². The minimum Gasteiger partial charge on any atom is -0.355 e. The first-order valence-corrected chi connectivity index (χ1v) is 8.46. The summed E-state index contributed by atoms with van der Waals surface area (Å²) in [4.78, 5) is 12.6. The van der Waals surface area contributed by atoms with E-state index >= 15 is 0 Å². The molecule has 3 heteroatoms. The molecule has 1 amide bonds. The van der Waals surface area contributed by atoms with Crippen LogP contribution in [0.25, 0.3) is 0 Å². The molecule has 0 aliphatic heterocycles. The molecule has 1 aliphatic rings. The maximum atomic E-state index is 12.3. The van der Waals surface area contributed by atoms with Crippen LogP contribution in [0.2, 0.25) is 0 Å². The van der Waals surface area contributed by atoms with Crippen molar-refractivity contribution >= 4 is 21.8 Å². The standard InChI is InChI=1S/C17H24BrNO/c1-12(2)9-16(18)11-19-17(20)15-8-7-13-5-3-4-6-14(13)10-15/h3-6,12,15-16H,7-11H2,1-2H3,(H,19,20). The topological polar surface area (TPSA) is 29.1 Å². The van der Waals surface area contributed by atoms with Crippen molar-refractivity contribution in [1.82, 2.24) is 5.32 Å². The van der Waals surface area contributed by atoms with E-state index in [0.717, 1.165) is 32.2 Å². The van der Waals surface area contributed by atoms with Gasteiger partial charge in [-0.1, -0.05) is 54.0 Å². The Morgan fingerprint density at radius 3 is 2.75 bits per heavy atom. The molecule has 2 nitrogen and oxygen atoms in total. The number of hydrogen-bond donors (Lipinski definition) is 1. The van der Waals surface area contributed by atoms with E-state index in [1.807, 2.05) is 0 Å². The van der Waals surface area contributed by atoms with Crippen LogP contribution in [0.5, 0.6) is 0 Å². The Hall–Kier alpha value is -0.830. The van der Waals surface area contributed by atoms with Crippen molar-refractivity contribution in [3.8, 4) is 0 Å². The highest BCUT2D eigenvalue weighted by atomic mass is 79.9. The highest BCUT2D eigenvalue weighted by Gasteiger charge is 2.24. The van der Waals surface area contributed by atoms with Crippen LogP contribution in [0.1, 0.15) is 37.8 Å². The van der Waals surface area contributed by atoms with Crippen molar-refractivity contribution in [2.24, 2.45) is 11.8 Å². The van der Waals surface area contributed by atoms with Gasteiger partial charge in [0, 0.05) is 17.3 Å². The molecule has 0 saturated carbocycles. The Morgan fingerprint density at radius 1 is 1.35 bits per heavy atom. The second-order valence-electron chi connectivity index (χ2n) is 6.18. The fourth-order valence-corrected chi connectivity index (χ4v) is 3.78. The van der Waals surface area contributed by atoms with Gasteiger partial charge in [-0.15, -0.1) is 0 Å². The second kappa shape index (κ2) is 7.26. The van der Waals surface area contributed by atoms with Gasteiger partial charge in [0.25, 0.3) is 0 Å². The molecule has 0 spiro atoms. The van der Waals surface area contributed by atoms with Crippen LogP contribution < -0.4 is 5.32 Å². The van der Waals surface area contributed by atoms with Gasteiger partial charge in [-0.2, -0.15) is 0 Å². The summed E-state index contributed by atoms with van der Waals surface area (Å²) in [5, 5.41) is 3.10. The number of alkyl halides is 1. The lowest BCUT2D eigenvalue weighted by atomic mass is 9.83. The summed E-state index contributed by atoms with van der Waals surface area (Å²) in [5.41, 5.74) is 2.76. The molecule has 1 aromatic rings. The maximum Gasteiger partial charge on any atom is 0.223 e. The number of rotatable bonds is 5. The van der Waals surface area contributed by atoms with Crippen LogP contribution in [-0.4, -0.2) is 17.3 Å². The molecule has 1 aliphatic carbocycles. The Bertz CT molecular complexity index is 458. The van der Waals surface area contributed by atoms with Gasteiger partial charge in [-0.25, -0.2) is 0 Å². The Morgan fingerprint density at radius 2 is 2.05 bits per heavy atom. The van der Waals surface area contributed by atoms with E-state index in [9.17, 15) is 4.79 Å². The number of halogens is 1. The zero-order valence-electron chi connectivity index (χ0n) is 12.4. The summed E-state index contributed by atoms with van der Waals surface area (Å²) in [6.45, 7) is 5.14. The van der Waals surface area contributed by atoms with Gasteiger partial charge < -0.3 is 5.32 Å². The molecule has 0 radical (unpaired) electrons. The maximum absolute atomic E-state index is 12.3. The van der Waals surface area contributed by atoms with Crippen LogP contribution in [0.3, 0.4) is 0 Å². The number of benzene rings is 1. The van der Waals surface area contributed by atoms with Crippen molar-refractivity contribution < 1.29 is 4.79 Å². The zero-order valence-corrected chi connectivity index (χ0v) is 13.9. The van der Waals surface area contributed by atoms with Gasteiger partial charge in [0.1, 0.15) is 0 Å². The number of hydrogen-bond acceptors (Lipinski definition) is 1. The highest BCUT2D eigenvalue weighted by molar-refractivity contribution is 9.09. The summed E-state index contributed by atoms with van der Waals surface area (Å²) in [7, 11) is 0. The molecule has 1 N–H and O–H groups in total. The molecular formula is C17H24BrNO. The van der Waals surface area contributed by atoms with Gasteiger partial charge in [-0.3, -0.25) is 4.79 Å². The molecule has 0 heterocycles. The van der Waals surface area contributed by atoms with Crippen LogP contribution in [0.4, 0.5) is 0 Å². The van der Waals surface area contributed by atoms with Crippen molar-refractivity contribution in [3.63, 3.8) is 0 Å². The third-order valence-corrected chi connectivity index (χ3v) is 4.64. The van der Waals surface area contributed by atoms with Gasteiger partial charge in [0.15, 0.2) is 0 Å². The number of amides is 1. The number of carbonyl (C=O) groups is 1. The molecule has 0 bridgehead atoms. The van der Waals surface area contributed by atoms with E-state index in [2.05, 4.69) is 59.4 Å². The Kier molecular flexibility index (Phi) is 5.64. The smallest absolute Gasteiger partial charge is 0.223 e. The van der Waals surface area contributed by atoms with Crippen LogP contribution in [0.15, 0.2) is 24.3 Å². The van der Waals surface area contributed by atoms with Gasteiger partial charge in [0.2, 0.25) is 5.91 Å². The first-order chi connectivity index (χ1) is 9.56. The van der Waals surface area contributed by atoms with Crippen molar-refractivity contribution in [2.75, 3.05) is 6.54 Å². The minimum atomic E-state index is 0.142. The van der Waals surface area contributed by atoms with Crippen LogP contribution in [0, 0.1) is 11.8 Å². The molecule has 0 aromatic heterocycles. The van der Waals surface area contributed by atoms with Crippen molar-refractivity contribution in [3.05, 3.63) is 35.4 Å². The first-order valence-electron chi connectivity index (χ1n) is 7.54. The Balaban J connectivity index is 1.83. The number of aryl methyl sites for hydroxylation is 1. The number of carbonyl (C=O) groups excluding carboxylic acids is 1. The van der Waals surface area contributed by atoms with E-state index in [1.54, 1.807) is 0 Å². The predicted octanol–water partition coefficient (Wildman–Crippen LogP) is 3.72. The van der Waals surface area contributed by atoms with Crippen molar-refractivity contribution in [2.45, 2.75) is 44.4 Å². The van der Waals surface area contributed by atoms with E-state index in [1.165, 1.54) is 11.1 Å². The zero-order chi connectivity index (χ0) is 14.5. The largest absolute Gasteiger partial charge is 0.355 e. The van der Waals surface area contributed by atoms with E-state index in [-0.39, 0.29) is 11.8 Å². The molecule has 0 saturated heterocycles. The molecule has 2 unspecified atom stereocenters. The molecular weight excluding hydrogens is 314 g/mol. The molecule has 110 valence electrons. The van der Waals surface area contributed by atoms with Crippen molar-refractivity contribution in [1.29, 1.82) is 0 Å². The summed E-state index contributed by atoms with van der Waals surface area (Å²) in [6, 6.07) is 8.48. The van der Waals surface area contributed by atoms with E-state index in [4.69, 9.17) is 0 Å². The van der Waals surface area contributed by atoms with Gasteiger partial charge >= 0.3 is 0 Å². The minimum absolute atomic E-state index is 0.142. The summed E-state index contributed by atoms with van der Waals surface area (Å²) in [6.07, 6.45) is 3.98. The molecule has 2 rings (SSSR count). The van der Waals surface area contributed by atoms with Gasteiger partial charge in [-0.05, 0) is 42.7 Å². The lowest BCUT2D eigenvalue weighted by Crippen LogP contribution is -2.37. The molecule has 0 fully saturated rings. The third-order valence-electron chi connectivity index (χ3n) is 3.94. The average molecular weight is 338 g/mol. The van der Waals surface area contributed by atoms with E-state index in [0.29, 0.717) is 10.7 Å². The third kappa shape index (κ3) is 4.34. The van der Waals surface area contributed by atoms with Gasteiger partial charge in [0.05, 0.1) is 0 Å². The fraction of sp³-hybridized carbons (Fsp3) is 0.588. The number of nitrogens with one attached hydrogen (secondary N) is 1. The molecule has 2 atom stereocenters. The predicted molar refractivity (Wildman–Crippen MR) is 87.1 cm³/mol. The first kappa shape index (κ1) is 15.6. The molecule has 1 aromatic carbocycles. The SMILES string of the molecule is CC(C)CC(Br)CNC(=O)C1CCc2ccccc2C1. The second-order valence-corrected chi connectivity index (χ2v) is 7.48. The highest BCUT2D eigenvalue weighted by Crippen LogP contribution is 2.25. The summed E-state index contributed by atoms with van der Waals surface area (Å²) >= 11 is 3.64.